The summed E-state index contributed by atoms with van der Waals surface area (Å²) in [6.45, 7) is 8.17. The maximum atomic E-state index is 6.01. The molecular formula is C20H25BrClNO2. The van der Waals surface area contributed by atoms with Gasteiger partial charge in [-0.3, -0.25) is 0 Å². The maximum Gasteiger partial charge on any atom is 0.175 e. The fraction of sp³-hybridized carbons (Fsp3) is 0.400. The fourth-order valence-corrected chi connectivity index (χ4v) is 3.03. The molecule has 0 spiro atoms. The maximum absolute atomic E-state index is 6.01. The summed E-state index contributed by atoms with van der Waals surface area (Å²) in [7, 11) is 0. The van der Waals surface area contributed by atoms with Crippen molar-refractivity contribution in [1.82, 2.24) is 5.32 Å². The van der Waals surface area contributed by atoms with Crippen molar-refractivity contribution in [3.05, 3.63) is 57.0 Å². The Morgan fingerprint density at radius 1 is 1.08 bits per heavy atom. The molecule has 2 aromatic carbocycles. The molecule has 0 saturated carbocycles. The predicted octanol–water partition coefficient (Wildman–Crippen LogP) is 5.97. The van der Waals surface area contributed by atoms with Gasteiger partial charge in [-0.2, -0.15) is 0 Å². The monoisotopic (exact) mass is 425 g/mol. The first-order valence-corrected chi connectivity index (χ1v) is 9.76. The van der Waals surface area contributed by atoms with E-state index in [9.17, 15) is 0 Å². The Morgan fingerprint density at radius 3 is 2.44 bits per heavy atom. The average molecular weight is 427 g/mol. The molecule has 2 rings (SSSR count). The summed E-state index contributed by atoms with van der Waals surface area (Å²) in [5.41, 5.74) is 2.22. The van der Waals surface area contributed by atoms with Crippen LogP contribution < -0.4 is 14.8 Å². The van der Waals surface area contributed by atoms with Gasteiger partial charge < -0.3 is 14.8 Å². The van der Waals surface area contributed by atoms with E-state index in [2.05, 4.69) is 41.2 Å². The summed E-state index contributed by atoms with van der Waals surface area (Å²) < 4.78 is 12.7. The highest BCUT2D eigenvalue weighted by Gasteiger charge is 2.13. The first-order chi connectivity index (χ1) is 12.0. The first kappa shape index (κ1) is 20.1. The van der Waals surface area contributed by atoms with E-state index in [1.54, 1.807) is 0 Å². The van der Waals surface area contributed by atoms with Crippen molar-refractivity contribution in [2.75, 3.05) is 6.61 Å². The van der Waals surface area contributed by atoms with Crippen LogP contribution in [0.25, 0.3) is 0 Å². The van der Waals surface area contributed by atoms with Gasteiger partial charge in [-0.05, 0) is 71.6 Å². The van der Waals surface area contributed by atoms with E-state index in [1.807, 2.05) is 37.3 Å². The van der Waals surface area contributed by atoms with Crippen molar-refractivity contribution in [2.24, 2.45) is 0 Å². The van der Waals surface area contributed by atoms with Crippen LogP contribution in [0.1, 0.15) is 38.3 Å². The van der Waals surface area contributed by atoms with E-state index < -0.39 is 0 Å². The van der Waals surface area contributed by atoms with Crippen LogP contribution in [0.15, 0.2) is 40.9 Å². The summed E-state index contributed by atoms with van der Waals surface area (Å²) in [5.74, 6) is 1.48. The molecule has 0 fully saturated rings. The molecule has 0 aromatic heterocycles. The van der Waals surface area contributed by atoms with Crippen LogP contribution in [-0.4, -0.2) is 12.6 Å². The minimum atomic E-state index is 0.459. The number of rotatable bonds is 9. The first-order valence-electron chi connectivity index (χ1n) is 8.59. The van der Waals surface area contributed by atoms with E-state index >= 15 is 0 Å². The highest BCUT2D eigenvalue weighted by Crippen LogP contribution is 2.37. The third-order valence-corrected chi connectivity index (χ3v) is 4.77. The van der Waals surface area contributed by atoms with Crippen molar-refractivity contribution in [3.8, 4) is 11.5 Å². The normalized spacial score (nSPS) is 12.0. The molecule has 0 heterocycles. The Bertz CT molecular complexity index is 676. The highest BCUT2D eigenvalue weighted by molar-refractivity contribution is 9.10. The van der Waals surface area contributed by atoms with Gasteiger partial charge in [0.2, 0.25) is 0 Å². The van der Waals surface area contributed by atoms with Crippen molar-refractivity contribution >= 4 is 27.5 Å². The zero-order valence-corrected chi connectivity index (χ0v) is 17.3. The molecule has 0 bridgehead atoms. The largest absolute Gasteiger partial charge is 0.490 e. The van der Waals surface area contributed by atoms with Crippen molar-refractivity contribution < 1.29 is 9.47 Å². The minimum Gasteiger partial charge on any atom is -0.490 e. The van der Waals surface area contributed by atoms with Gasteiger partial charge in [0, 0.05) is 17.6 Å². The zero-order valence-electron chi connectivity index (χ0n) is 14.9. The molecule has 25 heavy (non-hydrogen) atoms. The lowest BCUT2D eigenvalue weighted by Crippen LogP contribution is -2.24. The molecule has 3 nitrogen and oxygen atoms in total. The second kappa shape index (κ2) is 10.0. The molecule has 5 heteroatoms. The molecule has 0 aliphatic rings. The fourth-order valence-electron chi connectivity index (χ4n) is 2.30. The van der Waals surface area contributed by atoms with Gasteiger partial charge in [0.1, 0.15) is 6.61 Å². The standard InChI is InChI=1S/C20H25BrClNO2/c1-4-14(3)23-12-16-10-18(21)20(19(11-16)24-5-2)25-13-15-6-8-17(22)9-7-15/h6-11,14,23H,4-5,12-13H2,1-3H3. The third kappa shape index (κ3) is 6.21. The highest BCUT2D eigenvalue weighted by atomic mass is 79.9. The molecule has 0 amide bonds. The number of nitrogens with one attached hydrogen (secondary N) is 1. The number of ether oxygens (including phenoxy) is 2. The summed E-state index contributed by atoms with van der Waals surface area (Å²) >= 11 is 9.55. The molecule has 1 atom stereocenters. The van der Waals surface area contributed by atoms with E-state index in [-0.39, 0.29) is 0 Å². The minimum absolute atomic E-state index is 0.459. The van der Waals surface area contributed by atoms with Crippen LogP contribution in [0, 0.1) is 0 Å². The second-order valence-corrected chi connectivity index (χ2v) is 7.23. The van der Waals surface area contributed by atoms with Gasteiger partial charge in [-0.15, -0.1) is 0 Å². The Kier molecular flexibility index (Phi) is 8.07. The smallest absolute Gasteiger partial charge is 0.175 e. The van der Waals surface area contributed by atoms with Crippen LogP contribution in [0.5, 0.6) is 11.5 Å². The molecule has 2 aromatic rings. The van der Waals surface area contributed by atoms with E-state index in [0.29, 0.717) is 19.3 Å². The third-order valence-electron chi connectivity index (χ3n) is 3.93. The van der Waals surface area contributed by atoms with Gasteiger partial charge in [0.05, 0.1) is 11.1 Å². The van der Waals surface area contributed by atoms with Gasteiger partial charge >= 0.3 is 0 Å². The molecule has 0 radical (unpaired) electrons. The van der Waals surface area contributed by atoms with E-state index in [1.165, 1.54) is 0 Å². The lowest BCUT2D eigenvalue weighted by atomic mass is 10.1. The summed E-state index contributed by atoms with van der Waals surface area (Å²) in [5, 5.41) is 4.22. The van der Waals surface area contributed by atoms with Crippen molar-refractivity contribution in [1.29, 1.82) is 0 Å². The summed E-state index contributed by atoms with van der Waals surface area (Å²) in [6, 6.07) is 12.2. The second-order valence-electron chi connectivity index (χ2n) is 5.94. The Labute approximate surface area is 163 Å². The Morgan fingerprint density at radius 2 is 1.80 bits per heavy atom. The van der Waals surface area contributed by atoms with Crippen LogP contribution in [0.2, 0.25) is 5.02 Å². The average Bonchev–Trinajstić information content (AvgIpc) is 2.60. The van der Waals surface area contributed by atoms with Gasteiger partial charge in [-0.1, -0.05) is 30.7 Å². The SMILES string of the molecule is CCOc1cc(CNC(C)CC)cc(Br)c1OCc1ccc(Cl)cc1. The van der Waals surface area contributed by atoms with Crippen LogP contribution in [0.4, 0.5) is 0 Å². The number of hydrogen-bond acceptors (Lipinski definition) is 3. The molecule has 0 aliphatic carbocycles. The molecule has 1 N–H and O–H groups in total. The number of benzene rings is 2. The van der Waals surface area contributed by atoms with Crippen LogP contribution >= 0.6 is 27.5 Å². The molecule has 1 unspecified atom stereocenters. The molecule has 0 aliphatic heterocycles. The Hall–Kier alpha value is -1.23. The summed E-state index contributed by atoms with van der Waals surface area (Å²) in [4.78, 5) is 0. The topological polar surface area (TPSA) is 30.5 Å². The van der Waals surface area contributed by atoms with Gasteiger partial charge in [-0.25, -0.2) is 0 Å². The Balaban J connectivity index is 2.13. The lowest BCUT2D eigenvalue weighted by molar-refractivity contribution is 0.267. The number of halogens is 2. The molecule has 136 valence electrons. The van der Waals surface area contributed by atoms with Crippen LogP contribution in [-0.2, 0) is 13.2 Å². The molecular weight excluding hydrogens is 402 g/mol. The quantitative estimate of drug-likeness (QED) is 0.536. The van der Waals surface area contributed by atoms with Crippen molar-refractivity contribution in [2.45, 2.75) is 46.4 Å². The van der Waals surface area contributed by atoms with Crippen molar-refractivity contribution in [3.63, 3.8) is 0 Å². The van der Waals surface area contributed by atoms with E-state index in [4.69, 9.17) is 21.1 Å². The number of hydrogen-bond donors (Lipinski definition) is 1. The van der Waals surface area contributed by atoms with Gasteiger partial charge in [0.25, 0.3) is 0 Å². The van der Waals surface area contributed by atoms with E-state index in [0.717, 1.165) is 45.1 Å². The zero-order chi connectivity index (χ0) is 18.2. The summed E-state index contributed by atoms with van der Waals surface area (Å²) in [6.07, 6.45) is 1.10. The lowest BCUT2D eigenvalue weighted by Gasteiger charge is -2.17. The van der Waals surface area contributed by atoms with Gasteiger partial charge in [0.15, 0.2) is 11.5 Å². The van der Waals surface area contributed by atoms with Crippen LogP contribution in [0.3, 0.4) is 0 Å². The predicted molar refractivity (Wildman–Crippen MR) is 108 cm³/mol. The molecule has 0 saturated heterocycles.